The Labute approximate surface area is 780 Å². The topological polar surface area (TPSA) is 425 Å². The molecule has 6 heterocycles. The van der Waals surface area contributed by atoms with Gasteiger partial charge in [0.25, 0.3) is 5.91 Å². The molecule has 2 aliphatic heterocycles. The first-order valence-corrected chi connectivity index (χ1v) is 45.2. The molecule has 2 saturated heterocycles. The van der Waals surface area contributed by atoms with E-state index in [4.69, 9.17) is 44.9 Å². The number of sulfonamides is 2. The van der Waals surface area contributed by atoms with Gasteiger partial charge < -0.3 is 64.6 Å². The number of carboxylic acid groups (broad SMARTS) is 1. The monoisotopic (exact) mass is 2030 g/mol. The molecule has 684 valence electrons. The van der Waals surface area contributed by atoms with Crippen molar-refractivity contribution in [2.24, 2.45) is 27.8 Å². The normalized spacial score (nSPS) is 21.5. The van der Waals surface area contributed by atoms with Gasteiger partial charge in [-0.2, -0.15) is 0 Å². The minimum atomic E-state index is -4.20. The van der Waals surface area contributed by atoms with Crippen LogP contribution in [-0.4, -0.2) is 205 Å². The SMILES string of the molecule is C=C[C@@H]1C[C@]1(NC(=O)[C@@H]1C[C@@H](Oc2cc(-c3ccccc3)nc3cc(OC)ccc23)CN1C(=O)[C@@H](NC(=O)OC(C)(C)C)C(C)(C)C)C(=O)NS(=O)(=O)C1(Cc2cccnc2)CC1.C=C[C@@H]1C[C@]1(NC(=O)[C@@H]1C[C@@H](Oc2cc(-c3ccccc3)nc3cc(OC)ccc23)CN1C(=O)[C@@H](NC(=O)OC(C)(C)C)C(C)(C)C)C(=O)O.NS(=O)(=O)C1(Cc2cccnc2)CC1.[2H][B].[U]. The largest absolute Gasteiger partial charge is 0.497 e. The second-order valence-corrected chi connectivity index (χ2v) is 41.6. The number of nitrogens with zero attached hydrogens (tertiary/aromatic N) is 6. The number of carbonyl (C=O) groups is 8. The number of aliphatic carboxylic acids is 1. The van der Waals surface area contributed by atoms with E-state index in [9.17, 15) is 60.3 Å². The number of benzene rings is 4. The number of hydrogen-bond donors (Lipinski definition) is 7. The number of hydrogen-bond acceptors (Lipinski definition) is 22. The van der Waals surface area contributed by atoms with Crippen LogP contribution < -0.4 is 50.1 Å². The number of pyridine rings is 4. The van der Waals surface area contributed by atoms with Crippen LogP contribution in [0.1, 0.15) is 146 Å². The van der Waals surface area contributed by atoms with Gasteiger partial charge in [-0.05, 0) is 153 Å². The van der Waals surface area contributed by atoms with E-state index in [0.29, 0.717) is 88.3 Å². The molecule has 31 nitrogen and oxygen atoms in total. The number of alkyl carbamates (subject to hydrolysis) is 2. The van der Waals surface area contributed by atoms with Crippen LogP contribution in [0.3, 0.4) is 0 Å². The maximum atomic E-state index is 14.8. The first kappa shape index (κ1) is 98.6. The summed E-state index contributed by atoms with van der Waals surface area (Å²) in [6.45, 7) is 28.5. The van der Waals surface area contributed by atoms with Crippen LogP contribution in [0.4, 0.5) is 9.59 Å². The van der Waals surface area contributed by atoms with E-state index >= 15 is 0 Å². The third kappa shape index (κ3) is 23.6. The number of ether oxygens (including phenoxy) is 6. The van der Waals surface area contributed by atoms with E-state index in [1.807, 2.05) is 97.1 Å². The van der Waals surface area contributed by atoms with Gasteiger partial charge >= 0.3 is 18.2 Å². The van der Waals surface area contributed by atoms with Crippen molar-refractivity contribution in [2.75, 3.05) is 27.3 Å². The number of aromatic nitrogens is 4. The van der Waals surface area contributed by atoms with Crippen molar-refractivity contribution in [1.29, 1.82) is 1.34 Å². The van der Waals surface area contributed by atoms with Crippen molar-refractivity contribution in [3.05, 3.63) is 195 Å². The fraction of sp³-hybridized carbons (Fsp3) is 0.447. The molecule has 8 N–H and O–H groups in total. The molecule has 129 heavy (non-hydrogen) atoms. The van der Waals surface area contributed by atoms with Crippen molar-refractivity contribution in [3.63, 3.8) is 0 Å². The van der Waals surface area contributed by atoms with Crippen molar-refractivity contribution < 1.29 is 120 Å². The molecular weight excluding hydrogens is 1910 g/mol. The summed E-state index contributed by atoms with van der Waals surface area (Å²) >= 11 is 0. The first-order valence-electron chi connectivity index (χ1n) is 42.8. The van der Waals surface area contributed by atoms with Gasteiger partial charge in [-0.15, -0.1) is 13.2 Å². The zero-order valence-corrected chi connectivity index (χ0v) is 80.9. The summed E-state index contributed by atoms with van der Waals surface area (Å²) < 4.78 is 91.3. The van der Waals surface area contributed by atoms with E-state index in [-0.39, 0.29) is 76.3 Å². The number of carbonyl (C=O) groups excluding carboxylic acids is 7. The number of fused-ring (bicyclic) bond motifs is 2. The Balaban J connectivity index is 0.000000233. The number of primary sulfonamides is 1. The Bertz CT molecular complexity index is 5750. The van der Waals surface area contributed by atoms with Crippen LogP contribution in [0.2, 0.25) is 0 Å². The molecule has 4 saturated carbocycles. The van der Waals surface area contributed by atoms with E-state index in [1.165, 1.54) is 22.0 Å². The molecule has 4 aliphatic carbocycles. The maximum Gasteiger partial charge on any atom is 0.408 e. The number of amides is 7. The maximum absolute atomic E-state index is 14.8. The van der Waals surface area contributed by atoms with Gasteiger partial charge in [-0.1, -0.05) is 126 Å². The molecule has 4 aromatic heterocycles. The van der Waals surface area contributed by atoms with Gasteiger partial charge in [-0.3, -0.25) is 38.7 Å². The fourth-order valence-electron chi connectivity index (χ4n) is 16.0. The van der Waals surface area contributed by atoms with Gasteiger partial charge in [0.05, 0.1) is 59.2 Å². The smallest absolute Gasteiger partial charge is 0.408 e. The number of nitrogens with one attached hydrogen (secondary N) is 5. The van der Waals surface area contributed by atoms with Crippen LogP contribution in [-0.2, 0) is 71.1 Å². The predicted octanol–water partition coefficient (Wildman–Crippen LogP) is 11.0. The number of carboxylic acids is 1. The zero-order chi connectivity index (χ0) is 94.4. The van der Waals surface area contributed by atoms with Crippen molar-refractivity contribution >= 4 is 97.9 Å². The standard InChI is InChI=1S/C47H56N6O9S.C38H46N4O8.C9H12N2O2S.BH.U/c1-9-31-26-47(31,42(56)52-63(58,59)46(19-20-46)25-29-14-13-21-48-27-29)51-40(54)37-23-33(28-53(37)41(55)39(44(2,3)4)50-43(57)62-45(5,6)7)61-38-24-35(30-15-11-10-12-16-30)49-36-22-32(60-8)17-18-34(36)38;1-9-23-20-38(23,34(45)46)41-32(43)29-18-25(21-42(29)33(44)31(36(2,3)4)40-35(47)50-37(5,6)7)49-30-19-27(22-13-11-10-12-14-22)39-28-17-24(48-8)15-16-26(28)30;10-14(12,13)9(3-4-9)6-8-2-1-5-11-7-8;;/h9-18,21-22,24,27,31,33,37,39H,1,19-20,23,25-26,28H2,2-8H3,(H,50,57)(H,51,54)(H,52,56);9-17,19,23,25,29,31H,1,18,20-21H2,2-8H3,(H,40,47)(H,41,43)(H,45,46);1-2,5,7H,3-4,6H2,(H2,10,12,13);1H;/t31-,33-,37+,39-,47-;23-,25-,29+,31-,38-;;;/m11.../s1/i;;;1D;. The van der Waals surface area contributed by atoms with Crippen molar-refractivity contribution in [2.45, 2.75) is 215 Å². The number of nitrogens with two attached hydrogens (primary N) is 1. The minimum absolute atomic E-state index is 0. The van der Waals surface area contributed by atoms with E-state index in [0.717, 1.165) is 22.3 Å². The average molecular weight is 2030 g/mol. The fourth-order valence-corrected chi connectivity index (χ4v) is 18.7. The summed E-state index contributed by atoms with van der Waals surface area (Å²) in [5, 5.41) is 27.6. The van der Waals surface area contributed by atoms with Crippen LogP contribution in [0.15, 0.2) is 184 Å². The molecule has 4 aromatic carbocycles. The Morgan fingerprint density at radius 2 is 0.953 bits per heavy atom. The molecule has 14 rings (SSSR count). The second-order valence-electron chi connectivity index (χ2n) is 37.6. The molecule has 0 spiro atoms. The van der Waals surface area contributed by atoms with E-state index < -0.39 is 159 Å². The Hall–Kier alpha value is -11.0. The molecule has 35 heteroatoms. The summed E-state index contributed by atoms with van der Waals surface area (Å²) in [6, 6.07) is 36.3. The molecule has 10 atom stereocenters. The van der Waals surface area contributed by atoms with Crippen LogP contribution in [0.5, 0.6) is 23.0 Å². The quantitative estimate of drug-likeness (QED) is 0.0186. The molecule has 6 fully saturated rings. The second kappa shape index (κ2) is 39.4. The molecule has 6 aliphatic rings. The third-order valence-electron chi connectivity index (χ3n) is 23.5. The molecule has 0 bridgehead atoms. The Kier molecular flexibility index (Phi) is 30.1. The zero-order valence-electron chi connectivity index (χ0n) is 76.1. The van der Waals surface area contributed by atoms with E-state index in [1.54, 1.807) is 158 Å². The summed E-state index contributed by atoms with van der Waals surface area (Å²) in [7, 11) is -0.731. The summed E-state index contributed by atoms with van der Waals surface area (Å²) in [4.78, 5) is 131. The molecule has 0 unspecified atom stereocenters. The molecule has 2 radical (unpaired) electrons. The van der Waals surface area contributed by atoms with Gasteiger partial charge in [0.2, 0.25) is 43.7 Å². The van der Waals surface area contributed by atoms with Crippen LogP contribution in [0, 0.1) is 53.8 Å². The Morgan fingerprint density at radius 1 is 0.566 bits per heavy atom. The predicted molar refractivity (Wildman–Crippen MR) is 485 cm³/mol. The minimum Gasteiger partial charge on any atom is -0.497 e. The third-order valence-corrected chi connectivity index (χ3v) is 27.4. The van der Waals surface area contributed by atoms with Gasteiger partial charge in [0.15, 0.2) is 0 Å². The molecular formula is C94H115BN12O19S2U. The first-order chi connectivity index (χ1) is 60.7. The van der Waals surface area contributed by atoms with Crippen LogP contribution >= 0.6 is 0 Å². The van der Waals surface area contributed by atoms with Gasteiger partial charge in [0, 0.05) is 135 Å². The molecule has 8 aromatic rings. The summed E-state index contributed by atoms with van der Waals surface area (Å²) in [5.74, 6) is -3.36. The van der Waals surface area contributed by atoms with Crippen LogP contribution in [0.25, 0.3) is 44.3 Å². The van der Waals surface area contributed by atoms with Gasteiger partial charge in [-0.25, -0.2) is 46.3 Å². The van der Waals surface area contributed by atoms with E-state index in [2.05, 4.69) is 57.5 Å². The summed E-state index contributed by atoms with van der Waals surface area (Å²) in [6.07, 6.45) is 9.60. The number of methoxy groups -OCH3 is 2. The summed E-state index contributed by atoms with van der Waals surface area (Å²) in [5.41, 5.74) is -0.590. The number of rotatable bonds is 27. The average Bonchev–Trinajstić information content (AvgIpc) is 1.56. The van der Waals surface area contributed by atoms with Gasteiger partial charge in [0.1, 0.15) is 81.7 Å². The Morgan fingerprint density at radius 3 is 1.29 bits per heavy atom. The number of likely N-dealkylation sites (tertiary alicyclic amines) is 2. The molecule has 7 amide bonds. The van der Waals surface area contributed by atoms with Crippen molar-refractivity contribution in [1.82, 2.24) is 55.7 Å². The van der Waals surface area contributed by atoms with Crippen molar-refractivity contribution in [3.8, 4) is 45.5 Å².